The number of amides is 2. The fourth-order valence-corrected chi connectivity index (χ4v) is 5.88. The number of sulfonamides is 1. The highest BCUT2D eigenvalue weighted by Gasteiger charge is 2.33. The van der Waals surface area contributed by atoms with Gasteiger partial charge in [-0.25, -0.2) is 8.42 Å². The topological polar surface area (TPSA) is 86.8 Å². The first kappa shape index (κ1) is 30.2. The number of carbonyl (C=O) groups is 2. The van der Waals surface area contributed by atoms with Gasteiger partial charge in [0.1, 0.15) is 12.6 Å². The van der Waals surface area contributed by atoms with E-state index in [0.29, 0.717) is 16.3 Å². The van der Waals surface area contributed by atoms with Crippen molar-refractivity contribution in [1.29, 1.82) is 0 Å². The zero-order valence-electron chi connectivity index (χ0n) is 23.0. The molecule has 0 aromatic heterocycles. The van der Waals surface area contributed by atoms with Crippen molar-refractivity contribution in [2.45, 2.75) is 64.6 Å². The van der Waals surface area contributed by atoms with E-state index in [4.69, 9.17) is 11.6 Å². The third-order valence-corrected chi connectivity index (χ3v) is 8.82. The smallest absolute Gasteiger partial charge is 0.264 e. The Morgan fingerprint density at radius 1 is 0.923 bits per heavy atom. The van der Waals surface area contributed by atoms with E-state index < -0.39 is 28.5 Å². The molecule has 0 aliphatic carbocycles. The highest BCUT2D eigenvalue weighted by atomic mass is 35.5. The van der Waals surface area contributed by atoms with Gasteiger partial charge in [-0.3, -0.25) is 13.9 Å². The molecular weight excluding hydrogens is 534 g/mol. The van der Waals surface area contributed by atoms with Gasteiger partial charge in [-0.05, 0) is 81.1 Å². The molecule has 0 radical (unpaired) electrons. The van der Waals surface area contributed by atoms with Crippen LogP contribution in [-0.4, -0.2) is 43.8 Å². The summed E-state index contributed by atoms with van der Waals surface area (Å²) >= 11 is 6.16. The molecule has 2 atom stereocenters. The molecule has 0 unspecified atom stereocenters. The van der Waals surface area contributed by atoms with Crippen molar-refractivity contribution in [3.8, 4) is 0 Å². The average Bonchev–Trinajstić information content (AvgIpc) is 2.91. The highest BCUT2D eigenvalue weighted by Crippen LogP contribution is 2.29. The quantitative estimate of drug-likeness (QED) is 0.331. The summed E-state index contributed by atoms with van der Waals surface area (Å²) in [5, 5.41) is 3.40. The first-order valence-electron chi connectivity index (χ1n) is 12.9. The molecule has 0 aliphatic heterocycles. The maximum Gasteiger partial charge on any atom is 0.264 e. The predicted molar refractivity (Wildman–Crippen MR) is 156 cm³/mol. The van der Waals surface area contributed by atoms with Gasteiger partial charge in [-0.1, -0.05) is 61.0 Å². The Balaban J connectivity index is 2.06. The Morgan fingerprint density at radius 3 is 2.18 bits per heavy atom. The summed E-state index contributed by atoms with van der Waals surface area (Å²) in [5.41, 5.74) is 2.77. The van der Waals surface area contributed by atoms with Crippen molar-refractivity contribution in [3.63, 3.8) is 0 Å². The summed E-state index contributed by atoms with van der Waals surface area (Å²) in [7, 11) is -4.13. The molecule has 2 amide bonds. The number of nitrogens with one attached hydrogen (secondary N) is 1. The van der Waals surface area contributed by atoms with Gasteiger partial charge in [0.05, 0.1) is 10.6 Å². The first-order chi connectivity index (χ1) is 18.4. The Hall–Kier alpha value is -3.36. The molecule has 3 aromatic carbocycles. The minimum atomic E-state index is -4.13. The Kier molecular flexibility index (Phi) is 10.2. The minimum absolute atomic E-state index is 0.0557. The number of benzene rings is 3. The number of hydrogen-bond acceptors (Lipinski definition) is 4. The van der Waals surface area contributed by atoms with Crippen molar-refractivity contribution >= 4 is 39.1 Å². The molecule has 39 heavy (non-hydrogen) atoms. The lowest BCUT2D eigenvalue weighted by molar-refractivity contribution is -0.139. The van der Waals surface area contributed by atoms with Crippen molar-refractivity contribution in [2.75, 3.05) is 10.8 Å². The largest absolute Gasteiger partial charge is 0.352 e. The first-order valence-corrected chi connectivity index (χ1v) is 14.8. The van der Waals surface area contributed by atoms with E-state index in [2.05, 4.69) is 5.32 Å². The molecule has 3 rings (SSSR count). The van der Waals surface area contributed by atoms with Gasteiger partial charge in [0, 0.05) is 17.6 Å². The van der Waals surface area contributed by atoms with E-state index in [1.165, 1.54) is 17.0 Å². The number of aryl methyl sites for hydroxylation is 2. The standard InChI is InChI=1S/C30H36ClN3O4S/c1-6-23(4)32-30(36)24(5)33(19-25-13-11-10-12-21(25)2)29(35)20-34(28-17-16-26(31)18-22(28)3)39(37,38)27-14-8-7-9-15-27/h7-18,23-24H,6,19-20H2,1-5H3,(H,32,36)/t23-,24-/m1/s1. The van der Waals surface area contributed by atoms with Gasteiger partial charge < -0.3 is 10.2 Å². The Labute approximate surface area is 236 Å². The summed E-state index contributed by atoms with van der Waals surface area (Å²) < 4.78 is 28.8. The van der Waals surface area contributed by atoms with Crippen LogP contribution in [0.5, 0.6) is 0 Å². The van der Waals surface area contributed by atoms with Crippen LogP contribution in [0.3, 0.4) is 0 Å². The molecule has 1 N–H and O–H groups in total. The van der Waals surface area contributed by atoms with E-state index in [9.17, 15) is 18.0 Å². The van der Waals surface area contributed by atoms with Gasteiger partial charge in [-0.15, -0.1) is 0 Å². The summed E-state index contributed by atoms with van der Waals surface area (Å²) in [6.45, 7) is 8.86. The van der Waals surface area contributed by atoms with Crippen molar-refractivity contribution in [1.82, 2.24) is 10.2 Å². The third kappa shape index (κ3) is 7.40. The Morgan fingerprint density at radius 2 is 1.56 bits per heavy atom. The van der Waals surface area contributed by atoms with Gasteiger partial charge in [0.15, 0.2) is 0 Å². The van der Waals surface area contributed by atoms with Crippen molar-refractivity contribution < 1.29 is 18.0 Å². The molecule has 7 nitrogen and oxygen atoms in total. The van der Waals surface area contributed by atoms with Crippen LogP contribution in [0.25, 0.3) is 0 Å². The molecule has 0 saturated carbocycles. The summed E-state index contributed by atoms with van der Waals surface area (Å²) in [4.78, 5) is 28.7. The molecule has 0 heterocycles. The average molecular weight is 570 g/mol. The minimum Gasteiger partial charge on any atom is -0.352 e. The maximum absolute atomic E-state index is 14.0. The molecule has 0 aliphatic rings. The predicted octanol–water partition coefficient (Wildman–Crippen LogP) is 5.48. The molecular formula is C30H36ClN3O4S. The summed E-state index contributed by atoms with van der Waals surface area (Å²) in [6.07, 6.45) is 0.739. The monoisotopic (exact) mass is 569 g/mol. The van der Waals surface area contributed by atoms with Crippen LogP contribution in [0.15, 0.2) is 77.7 Å². The van der Waals surface area contributed by atoms with Crippen LogP contribution < -0.4 is 9.62 Å². The summed E-state index contributed by atoms with van der Waals surface area (Å²) in [5.74, 6) is -0.801. The normalized spacial score (nSPS) is 12.9. The molecule has 9 heteroatoms. The zero-order valence-corrected chi connectivity index (χ0v) is 24.6. The Bertz CT molecular complexity index is 1410. The van der Waals surface area contributed by atoms with Crippen LogP contribution >= 0.6 is 11.6 Å². The van der Waals surface area contributed by atoms with E-state index in [1.807, 2.05) is 45.0 Å². The van der Waals surface area contributed by atoms with Crippen molar-refractivity contribution in [3.05, 3.63) is 94.5 Å². The second kappa shape index (κ2) is 13.1. The molecule has 0 fully saturated rings. The SMILES string of the molecule is CC[C@@H](C)NC(=O)[C@@H](C)N(Cc1ccccc1C)C(=O)CN(c1ccc(Cl)cc1C)S(=O)(=O)c1ccccc1. The van der Waals surface area contributed by atoms with Crippen LogP contribution in [0.4, 0.5) is 5.69 Å². The fraction of sp³-hybridized carbons (Fsp3) is 0.333. The summed E-state index contributed by atoms with van der Waals surface area (Å²) in [6, 6.07) is 19.5. The lowest BCUT2D eigenvalue weighted by Gasteiger charge is -2.33. The number of rotatable bonds is 11. The lowest BCUT2D eigenvalue weighted by atomic mass is 10.1. The second-order valence-corrected chi connectivity index (χ2v) is 12.0. The number of hydrogen-bond donors (Lipinski definition) is 1. The number of anilines is 1. The van der Waals surface area contributed by atoms with Crippen molar-refractivity contribution in [2.24, 2.45) is 0 Å². The van der Waals surface area contributed by atoms with Crippen LogP contribution in [0.2, 0.25) is 5.02 Å². The molecule has 3 aromatic rings. The number of halogens is 1. The third-order valence-electron chi connectivity index (χ3n) is 6.81. The zero-order chi connectivity index (χ0) is 28.7. The second-order valence-electron chi connectivity index (χ2n) is 9.70. The van der Waals surface area contributed by atoms with E-state index in [-0.39, 0.29) is 23.4 Å². The van der Waals surface area contributed by atoms with Gasteiger partial charge in [0.2, 0.25) is 11.8 Å². The molecule has 208 valence electrons. The van der Waals surface area contributed by atoms with E-state index >= 15 is 0 Å². The lowest BCUT2D eigenvalue weighted by Crippen LogP contribution is -2.52. The fourth-order valence-electron chi connectivity index (χ4n) is 4.15. The van der Waals surface area contributed by atoms with Crippen LogP contribution in [0.1, 0.15) is 43.9 Å². The maximum atomic E-state index is 14.0. The molecule has 0 spiro atoms. The van der Waals surface area contributed by atoms with E-state index in [0.717, 1.165) is 21.9 Å². The van der Waals surface area contributed by atoms with Gasteiger partial charge in [0.25, 0.3) is 10.0 Å². The van der Waals surface area contributed by atoms with Gasteiger partial charge in [-0.2, -0.15) is 0 Å². The number of carbonyl (C=O) groups excluding carboxylic acids is 2. The molecule has 0 saturated heterocycles. The number of nitrogens with zero attached hydrogens (tertiary/aromatic N) is 2. The van der Waals surface area contributed by atoms with Crippen LogP contribution in [0, 0.1) is 13.8 Å². The van der Waals surface area contributed by atoms with Crippen LogP contribution in [-0.2, 0) is 26.2 Å². The molecule has 0 bridgehead atoms. The van der Waals surface area contributed by atoms with Gasteiger partial charge >= 0.3 is 0 Å². The highest BCUT2D eigenvalue weighted by molar-refractivity contribution is 7.92. The van der Waals surface area contributed by atoms with E-state index in [1.54, 1.807) is 50.2 Å².